The Morgan fingerprint density at radius 2 is 0.748 bits per heavy atom. The van der Waals surface area contributed by atoms with Crippen molar-refractivity contribution in [2.75, 3.05) is 59.8 Å². The van der Waals surface area contributed by atoms with Gasteiger partial charge in [0.05, 0.1) is 31.2 Å². The van der Waals surface area contributed by atoms with Gasteiger partial charge in [-0.05, 0) is 251 Å². The number of ketones is 2. The maximum absolute atomic E-state index is 12.5. The lowest BCUT2D eigenvalue weighted by atomic mass is 9.67. The fourth-order valence-corrected chi connectivity index (χ4v) is 19.0. The van der Waals surface area contributed by atoms with Crippen LogP contribution in [0.15, 0.2) is 6.20 Å². The van der Waals surface area contributed by atoms with Gasteiger partial charge in [-0.25, -0.2) is 4.21 Å². The molecule has 0 aromatic carbocycles. The molecule has 1 aromatic rings. The Bertz CT molecular complexity index is 3190. The van der Waals surface area contributed by atoms with Crippen molar-refractivity contribution >= 4 is 34.5 Å². The minimum Gasteiger partial charge on any atom is -0.382 e. The number of nitrogens with one attached hydrogen (secondary N) is 2. The molecule has 0 aliphatic heterocycles. The molecule has 7 N–H and O–H groups in total. The molecule has 143 heavy (non-hydrogen) atoms. The average molecular weight is 2050 g/mol. The molecule has 1 saturated carbocycles. The Labute approximate surface area is 897 Å². The van der Waals surface area contributed by atoms with Crippen LogP contribution >= 0.6 is 0 Å². The molecular weight excluding hydrogens is 1790 g/mol. The zero-order valence-electron chi connectivity index (χ0n) is 106. The molecule has 2 amide bonds. The number of hydrogen-bond acceptors (Lipinski definition) is 12. The molecule has 17 heteroatoms. The van der Waals surface area contributed by atoms with Gasteiger partial charge in [0, 0.05) is 65.5 Å². The van der Waals surface area contributed by atoms with E-state index in [9.17, 15) is 27.9 Å². The number of Topliss-reactive ketones (excluding diaryl/α,β-unsaturated/α-hetero) is 2. The van der Waals surface area contributed by atoms with Gasteiger partial charge in [-0.15, -0.1) is 5.10 Å². The van der Waals surface area contributed by atoms with E-state index in [-0.39, 0.29) is 45.3 Å². The Hall–Kier alpha value is -2.67. The summed E-state index contributed by atoms with van der Waals surface area (Å²) in [7, 11) is 1.61. The Balaban J connectivity index is -0.000000383. The average Bonchev–Trinajstić information content (AvgIpc) is 1.76. The second-order valence-electron chi connectivity index (χ2n) is 62.1. The largest absolute Gasteiger partial charge is 0.382 e. The molecule has 0 spiro atoms. The van der Waals surface area contributed by atoms with E-state index < -0.39 is 11.1 Å². The van der Waals surface area contributed by atoms with Crippen LogP contribution in [0.5, 0.6) is 0 Å². The summed E-state index contributed by atoms with van der Waals surface area (Å²) >= 11 is -1.70. The van der Waals surface area contributed by atoms with Gasteiger partial charge in [-0.2, -0.15) is 0 Å². The van der Waals surface area contributed by atoms with Gasteiger partial charge in [0.25, 0.3) is 0 Å². The summed E-state index contributed by atoms with van der Waals surface area (Å²) in [6, 6.07) is 0. The Morgan fingerprint density at radius 1 is 0.392 bits per heavy atom. The highest BCUT2D eigenvalue weighted by Crippen LogP contribution is 2.44. The first-order chi connectivity index (χ1) is 64.4. The quantitative estimate of drug-likeness (QED) is 0.0302. The number of carbonyl (C=O) groups excluding carboxylic acids is 4. The van der Waals surface area contributed by atoms with Crippen molar-refractivity contribution in [3.63, 3.8) is 0 Å². The van der Waals surface area contributed by atoms with Crippen LogP contribution < -0.4 is 22.1 Å². The van der Waals surface area contributed by atoms with Crippen LogP contribution in [-0.2, 0) is 57.6 Å². The van der Waals surface area contributed by atoms with Crippen LogP contribution in [-0.4, -0.2) is 112 Å². The molecule has 1 aliphatic rings. The number of unbranched alkanes of at least 4 members (excludes halogenated alkanes) is 11. The van der Waals surface area contributed by atoms with Crippen LogP contribution in [0.2, 0.25) is 0 Å². The first kappa shape index (κ1) is 151. The smallest absolute Gasteiger partial charge is 0.245 e. The molecule has 1 heterocycles. The molecule has 1 fully saturated rings. The van der Waals surface area contributed by atoms with Crippen molar-refractivity contribution in [2.45, 2.75) is 601 Å². The van der Waals surface area contributed by atoms with Crippen molar-refractivity contribution in [3.05, 3.63) is 11.9 Å². The van der Waals surface area contributed by atoms with Crippen molar-refractivity contribution < 1.29 is 42.2 Å². The van der Waals surface area contributed by atoms with Gasteiger partial charge in [0.15, 0.2) is 11.1 Å². The lowest BCUT2D eigenvalue weighted by molar-refractivity contribution is -0.126. The predicted molar refractivity (Wildman–Crippen MR) is 630 cm³/mol. The van der Waals surface area contributed by atoms with E-state index in [1.165, 1.54) is 116 Å². The van der Waals surface area contributed by atoms with E-state index in [2.05, 4.69) is 333 Å². The van der Waals surface area contributed by atoms with E-state index in [0.29, 0.717) is 133 Å². The van der Waals surface area contributed by atoms with Crippen LogP contribution in [0.1, 0.15) is 588 Å². The fraction of sp³-hybridized carbons (Fsp3) is 0.952. The van der Waals surface area contributed by atoms with Gasteiger partial charge in [0.2, 0.25) is 11.8 Å². The van der Waals surface area contributed by atoms with Gasteiger partial charge >= 0.3 is 0 Å². The minimum absolute atomic E-state index is 0.0816. The molecule has 1 aliphatic carbocycles. The number of amides is 2. The van der Waals surface area contributed by atoms with E-state index >= 15 is 0 Å². The van der Waals surface area contributed by atoms with Crippen LogP contribution in [0, 0.1) is 116 Å². The number of nitrogens with two attached hydrogens (primary N) is 2. The van der Waals surface area contributed by atoms with Crippen LogP contribution in [0.4, 0.5) is 0 Å². The standard InChI is InChI=1S/C25H49NO4.C20H41NO.C18H34N4O.C15H30.C13H28O2S.C13H28.C12H26O.C10H23N/c1-24(2,3)15-11-8-9-14-22(27)19-21(25(4,5)6)13-10-12-16-26-23(28)20-30-18-17-29-7;1-19(2,3)14-10-7-8-13-18(22)16-17(20(4,5)6)12-9-11-15-21;1-17(2,3)11-9-7-8-10-16(23)19-12-15-13-22(21-20-15)14-18(4,5)6;1-14(2,3)11-12-7-9-13(10-8-12)15(4,5)6;1-12(2,3)10-8-7-9-11(16(14)15)13(4,5)6;1-12(2,3)10-8-7-9-11-13(4,5)6;1-11(2,3)7-9-13-10-8-12(4,5)6;1-9(2,3)8(7-11)10(4,5)6/h21H,8-20H2,1-7H3,(H,26,28);17H,7-16,21H2,1-6H3;13H,7-12,14H2,1-6H3,(H,19,23);12-13H,7-11H2,1-6H3;11H,7-10H2,1-6H3,(H,14,15);7-11H2,1-6H3;7-10H2,1-6H3;8H,7,11H2,1-6H3/t21-;17-;;;;;;/m11....../s1. The predicted octanol–water partition coefficient (Wildman–Crippen LogP) is 36.3. The van der Waals surface area contributed by atoms with E-state index in [1.54, 1.807) is 7.11 Å². The molecule has 0 bridgehead atoms. The first-order valence-corrected chi connectivity index (χ1v) is 59.2. The number of methoxy groups -OCH3 is 1. The molecule has 858 valence electrons. The molecule has 0 radical (unpaired) electrons. The second-order valence-corrected chi connectivity index (χ2v) is 63.2. The number of aromatic nitrogens is 3. The van der Waals surface area contributed by atoms with Crippen LogP contribution in [0.25, 0.3) is 0 Å². The summed E-state index contributed by atoms with van der Waals surface area (Å²) in [4.78, 5) is 48.3. The summed E-state index contributed by atoms with van der Waals surface area (Å²) in [5.41, 5.74) is 17.7. The topological polar surface area (TPSA) is 240 Å². The highest BCUT2D eigenvalue weighted by atomic mass is 32.2. The maximum Gasteiger partial charge on any atom is 0.245 e. The summed E-state index contributed by atoms with van der Waals surface area (Å²) in [5.74, 6) is 4.35. The lowest BCUT2D eigenvalue weighted by Crippen LogP contribution is -2.38. The van der Waals surface area contributed by atoms with Gasteiger partial charge in [-0.1, -0.05) is 434 Å². The third kappa shape index (κ3) is 109. The molecule has 4 atom stereocenters. The van der Waals surface area contributed by atoms with Crippen molar-refractivity contribution in [1.29, 1.82) is 0 Å². The van der Waals surface area contributed by atoms with Crippen molar-refractivity contribution in [1.82, 2.24) is 25.6 Å². The summed E-state index contributed by atoms with van der Waals surface area (Å²) in [6.45, 7) is 115. The maximum atomic E-state index is 12.5. The van der Waals surface area contributed by atoms with E-state index in [0.717, 1.165) is 172 Å². The third-order valence-corrected chi connectivity index (χ3v) is 28.6. The zero-order chi connectivity index (χ0) is 113. The van der Waals surface area contributed by atoms with Gasteiger partial charge in [-0.3, -0.25) is 23.9 Å². The van der Waals surface area contributed by atoms with Crippen LogP contribution in [0.3, 0.4) is 0 Å². The molecule has 2 rings (SSSR count). The summed E-state index contributed by atoms with van der Waals surface area (Å²) in [5, 5.41) is 13.9. The molecule has 2 unspecified atom stereocenters. The van der Waals surface area contributed by atoms with E-state index in [1.807, 2.05) is 31.6 Å². The lowest BCUT2D eigenvalue weighted by Gasteiger charge is -2.39. The number of hydrogen-bond donors (Lipinski definition) is 5. The number of rotatable bonds is 51. The van der Waals surface area contributed by atoms with Crippen molar-refractivity contribution in [3.8, 4) is 0 Å². The van der Waals surface area contributed by atoms with Crippen molar-refractivity contribution in [2.24, 2.45) is 128 Å². The number of carbonyl (C=O) groups is 4. The summed E-state index contributed by atoms with van der Waals surface area (Å²) in [6.07, 6.45) is 46.4. The second kappa shape index (κ2) is 74.4. The normalized spacial score (nSPS) is 15.5. The fourth-order valence-electron chi connectivity index (χ4n) is 18.0. The molecule has 0 saturated heterocycles. The first-order valence-electron chi connectivity index (χ1n) is 58.0. The number of nitrogens with zero attached hydrogens (tertiary/aromatic N) is 3. The highest BCUT2D eigenvalue weighted by Gasteiger charge is 2.36. The molecule has 1 aromatic heterocycles. The van der Waals surface area contributed by atoms with E-state index in [4.69, 9.17) is 25.7 Å². The third-order valence-electron chi connectivity index (χ3n) is 27.2. The van der Waals surface area contributed by atoms with Gasteiger partial charge < -0.3 is 40.9 Å². The Morgan fingerprint density at radius 3 is 1.06 bits per heavy atom. The zero-order valence-corrected chi connectivity index (χ0v) is 107. The SMILES string of the molecule is CC(C)(C)C(CN)C(C)(C)C.CC(C)(C)CC1CCC(C(C)(C)C)CC1.CC(C)(C)CCCCC(S(=O)O)C(C)(C)C.CC(C)(C)CCCCCC(=O)C[C@@H](CCCCN)C(C)(C)C.CC(C)(C)CCCCCC(=O)NCc1cn(CC(C)(C)C)nn1.CC(C)(C)CCCCCC(C)(C)C.CC(C)(C)CCOCCC(C)(C)C.COCCOCC(=O)NCCCC[C@H](CC(=O)CCCCCC(C)(C)C)C(C)(C)C. The Kier molecular flexibility index (Phi) is 78.5. The minimum atomic E-state index is -1.70. The monoisotopic (exact) mass is 2050 g/mol. The summed E-state index contributed by atoms with van der Waals surface area (Å²) < 4.78 is 38.0. The number of ether oxygens (including phenoxy) is 3. The van der Waals surface area contributed by atoms with Gasteiger partial charge in [0.1, 0.15) is 23.9 Å². The molecule has 16 nitrogen and oxygen atoms in total. The molecular formula is C126H259N7O9S. The highest BCUT2D eigenvalue weighted by molar-refractivity contribution is 7.79.